The van der Waals surface area contributed by atoms with Crippen molar-refractivity contribution < 1.29 is 17.9 Å². The van der Waals surface area contributed by atoms with Crippen LogP contribution in [0.4, 0.5) is 13.2 Å². The molecule has 5 heteroatoms. The number of rotatable bonds is 2. The fourth-order valence-corrected chi connectivity index (χ4v) is 2.59. The van der Waals surface area contributed by atoms with Gasteiger partial charge >= 0.3 is 6.36 Å². The molecule has 0 amide bonds. The third-order valence-electron chi connectivity index (χ3n) is 2.95. The Hall–Kier alpha value is -0.900. The molecular weight excluding hydrogens is 253 g/mol. The predicted octanol–water partition coefficient (Wildman–Crippen LogP) is 4.46. The van der Waals surface area contributed by atoms with E-state index in [0.29, 0.717) is 12.0 Å². The van der Waals surface area contributed by atoms with Crippen molar-refractivity contribution in [3.8, 4) is 5.75 Å². The Labute approximate surface area is 103 Å². The fraction of sp³-hybridized carbons (Fsp3) is 0.500. The zero-order valence-corrected chi connectivity index (χ0v) is 9.76. The lowest BCUT2D eigenvalue weighted by Gasteiger charge is -2.17. The van der Waals surface area contributed by atoms with E-state index in [1.807, 2.05) is 0 Å². The van der Waals surface area contributed by atoms with E-state index in [0.717, 1.165) is 12.8 Å². The molecule has 0 heterocycles. The van der Waals surface area contributed by atoms with E-state index in [2.05, 4.69) is 4.74 Å². The minimum Gasteiger partial charge on any atom is -0.405 e. The Kier molecular flexibility index (Phi) is 3.52. The molecule has 0 radical (unpaired) electrons. The summed E-state index contributed by atoms with van der Waals surface area (Å²) in [7, 11) is 0. The van der Waals surface area contributed by atoms with Gasteiger partial charge in [0.15, 0.2) is 0 Å². The molecule has 0 bridgehead atoms. The van der Waals surface area contributed by atoms with Gasteiger partial charge in [-0.15, -0.1) is 24.8 Å². The second-order valence-corrected chi connectivity index (χ2v) is 4.81. The average molecular weight is 265 g/mol. The maximum absolute atomic E-state index is 12.2. The van der Waals surface area contributed by atoms with Crippen LogP contribution >= 0.6 is 11.6 Å². The zero-order chi connectivity index (χ0) is 12.5. The number of hydrogen-bond donors (Lipinski definition) is 0. The number of benzene rings is 1. The van der Waals surface area contributed by atoms with Gasteiger partial charge in [0.05, 0.1) is 0 Å². The lowest BCUT2D eigenvalue weighted by Crippen LogP contribution is -2.18. The topological polar surface area (TPSA) is 9.23 Å². The molecule has 1 aromatic rings. The van der Waals surface area contributed by atoms with Crippen molar-refractivity contribution in [2.75, 3.05) is 0 Å². The molecule has 0 saturated heterocycles. The van der Waals surface area contributed by atoms with Crippen molar-refractivity contribution >= 4 is 11.6 Å². The van der Waals surface area contributed by atoms with Gasteiger partial charge in [-0.25, -0.2) is 0 Å². The molecule has 1 aromatic carbocycles. The van der Waals surface area contributed by atoms with Crippen LogP contribution < -0.4 is 4.74 Å². The van der Waals surface area contributed by atoms with E-state index in [-0.39, 0.29) is 17.0 Å². The molecule has 1 aliphatic carbocycles. The van der Waals surface area contributed by atoms with Crippen LogP contribution in [0.2, 0.25) is 0 Å². The number of halogens is 4. The van der Waals surface area contributed by atoms with Gasteiger partial charge in [-0.3, -0.25) is 0 Å². The van der Waals surface area contributed by atoms with Crippen LogP contribution in [0.5, 0.6) is 5.75 Å². The van der Waals surface area contributed by atoms with Gasteiger partial charge < -0.3 is 4.74 Å². The van der Waals surface area contributed by atoms with Gasteiger partial charge in [0, 0.05) is 5.38 Å². The molecule has 1 nitrogen and oxygen atoms in total. The highest BCUT2D eigenvalue weighted by Crippen LogP contribution is 2.41. The minimum atomic E-state index is -4.64. The maximum atomic E-state index is 12.2. The van der Waals surface area contributed by atoms with E-state index in [4.69, 9.17) is 11.6 Å². The number of alkyl halides is 4. The van der Waals surface area contributed by atoms with E-state index < -0.39 is 6.36 Å². The van der Waals surface area contributed by atoms with Crippen LogP contribution in [0.15, 0.2) is 24.3 Å². The summed E-state index contributed by atoms with van der Waals surface area (Å²) in [6, 6.07) is 6.29. The van der Waals surface area contributed by atoms with Gasteiger partial charge in [0.2, 0.25) is 0 Å². The Morgan fingerprint density at radius 3 is 2.47 bits per heavy atom. The Morgan fingerprint density at radius 2 is 1.88 bits per heavy atom. The SMILES string of the molecule is FC(F)(F)Oc1ccccc1C1CCC(Cl)C1. The number of hydrogen-bond acceptors (Lipinski definition) is 1. The molecule has 94 valence electrons. The molecule has 2 unspecified atom stereocenters. The summed E-state index contributed by atoms with van der Waals surface area (Å²) in [5, 5.41) is 0.0546. The summed E-state index contributed by atoms with van der Waals surface area (Å²) in [6.07, 6.45) is -2.28. The first-order valence-electron chi connectivity index (χ1n) is 5.44. The van der Waals surface area contributed by atoms with Crippen LogP contribution in [0.3, 0.4) is 0 Å². The summed E-state index contributed by atoms with van der Waals surface area (Å²) in [6.45, 7) is 0. The summed E-state index contributed by atoms with van der Waals surface area (Å²) in [5.41, 5.74) is 0.605. The molecule has 1 fully saturated rings. The molecule has 0 aliphatic heterocycles. The molecule has 0 N–H and O–H groups in total. The standard InChI is InChI=1S/C12H12ClF3O/c13-9-6-5-8(7-9)10-3-1-2-4-11(10)17-12(14,15)16/h1-4,8-9H,5-7H2. The number of ether oxygens (including phenoxy) is 1. The van der Waals surface area contributed by atoms with Crippen molar-refractivity contribution in [2.24, 2.45) is 0 Å². The van der Waals surface area contributed by atoms with Gasteiger partial charge in [0.25, 0.3) is 0 Å². The van der Waals surface area contributed by atoms with E-state index in [9.17, 15) is 13.2 Å². The van der Waals surface area contributed by atoms with Gasteiger partial charge in [0.1, 0.15) is 5.75 Å². The lowest BCUT2D eigenvalue weighted by atomic mass is 9.97. The monoisotopic (exact) mass is 264 g/mol. The van der Waals surface area contributed by atoms with Crippen LogP contribution in [0.25, 0.3) is 0 Å². The molecule has 0 spiro atoms. The second kappa shape index (κ2) is 4.77. The first-order chi connectivity index (χ1) is 7.96. The summed E-state index contributed by atoms with van der Waals surface area (Å²) in [5.74, 6) is -0.0354. The van der Waals surface area contributed by atoms with Crippen molar-refractivity contribution in [3.63, 3.8) is 0 Å². The lowest BCUT2D eigenvalue weighted by molar-refractivity contribution is -0.275. The molecular formula is C12H12ClF3O. The van der Waals surface area contributed by atoms with Crippen LogP contribution in [-0.2, 0) is 0 Å². The largest absolute Gasteiger partial charge is 0.573 e. The molecule has 2 atom stereocenters. The van der Waals surface area contributed by atoms with E-state index >= 15 is 0 Å². The van der Waals surface area contributed by atoms with Gasteiger partial charge in [-0.2, -0.15) is 0 Å². The van der Waals surface area contributed by atoms with Gasteiger partial charge in [-0.05, 0) is 36.8 Å². The Balaban J connectivity index is 2.22. The first-order valence-corrected chi connectivity index (χ1v) is 5.88. The quantitative estimate of drug-likeness (QED) is 0.717. The molecule has 17 heavy (non-hydrogen) atoms. The third kappa shape index (κ3) is 3.28. The summed E-state index contributed by atoms with van der Waals surface area (Å²) >= 11 is 5.98. The summed E-state index contributed by atoms with van der Waals surface area (Å²) in [4.78, 5) is 0. The average Bonchev–Trinajstić information content (AvgIpc) is 2.63. The molecule has 2 rings (SSSR count). The second-order valence-electron chi connectivity index (χ2n) is 4.19. The van der Waals surface area contributed by atoms with Crippen molar-refractivity contribution in [1.29, 1.82) is 0 Å². The normalized spacial score (nSPS) is 24.9. The van der Waals surface area contributed by atoms with Crippen LogP contribution in [0.1, 0.15) is 30.7 Å². The molecule has 0 aromatic heterocycles. The zero-order valence-electron chi connectivity index (χ0n) is 9.01. The van der Waals surface area contributed by atoms with Crippen molar-refractivity contribution in [3.05, 3.63) is 29.8 Å². The molecule has 1 aliphatic rings. The smallest absolute Gasteiger partial charge is 0.405 e. The van der Waals surface area contributed by atoms with E-state index in [1.165, 1.54) is 12.1 Å². The highest BCUT2D eigenvalue weighted by molar-refractivity contribution is 6.20. The van der Waals surface area contributed by atoms with Gasteiger partial charge in [-0.1, -0.05) is 18.2 Å². The van der Waals surface area contributed by atoms with Crippen LogP contribution in [0, 0.1) is 0 Å². The minimum absolute atomic E-state index is 0.0546. The maximum Gasteiger partial charge on any atom is 0.573 e. The predicted molar refractivity (Wildman–Crippen MR) is 59.4 cm³/mol. The van der Waals surface area contributed by atoms with Crippen molar-refractivity contribution in [1.82, 2.24) is 0 Å². The van der Waals surface area contributed by atoms with Crippen LogP contribution in [-0.4, -0.2) is 11.7 Å². The molecule has 1 saturated carbocycles. The van der Waals surface area contributed by atoms with Crippen molar-refractivity contribution in [2.45, 2.75) is 36.9 Å². The Bertz CT molecular complexity index is 392. The van der Waals surface area contributed by atoms with E-state index in [1.54, 1.807) is 12.1 Å². The Morgan fingerprint density at radius 1 is 1.18 bits per heavy atom. The number of para-hydroxylation sites is 1. The summed E-state index contributed by atoms with van der Waals surface area (Å²) < 4.78 is 40.7. The fourth-order valence-electron chi connectivity index (χ4n) is 2.24. The highest BCUT2D eigenvalue weighted by Gasteiger charge is 2.34. The first kappa shape index (κ1) is 12.6. The third-order valence-corrected chi connectivity index (χ3v) is 3.35. The highest BCUT2D eigenvalue weighted by atomic mass is 35.5.